The predicted molar refractivity (Wildman–Crippen MR) is 87.9 cm³/mol. The van der Waals surface area contributed by atoms with Crippen LogP contribution in [0.1, 0.15) is 49.3 Å². The standard InChI is InChI=1S/C18H24N2/c1-12(2)17-9-5-7-15(18(17)20)10-13(3)14-6-4-8-16(19)11-14/h4-9,11-13H,10,19-20H2,1-3H3. The molecule has 20 heavy (non-hydrogen) atoms. The van der Waals surface area contributed by atoms with Crippen LogP contribution in [-0.4, -0.2) is 0 Å². The number of rotatable bonds is 4. The Morgan fingerprint density at radius 1 is 0.950 bits per heavy atom. The Morgan fingerprint density at radius 3 is 2.30 bits per heavy atom. The summed E-state index contributed by atoms with van der Waals surface area (Å²) in [5.74, 6) is 0.862. The molecule has 0 aliphatic rings. The van der Waals surface area contributed by atoms with Gasteiger partial charge in [-0.2, -0.15) is 0 Å². The molecule has 2 heteroatoms. The van der Waals surface area contributed by atoms with E-state index in [0.717, 1.165) is 17.8 Å². The number of nitrogen functional groups attached to an aromatic ring is 2. The Bertz CT molecular complexity index is 588. The lowest BCUT2D eigenvalue weighted by Crippen LogP contribution is -2.05. The first kappa shape index (κ1) is 14.4. The topological polar surface area (TPSA) is 52.0 Å². The SMILES string of the molecule is CC(C)c1cccc(CC(C)c2cccc(N)c2)c1N. The molecular formula is C18H24N2. The fraction of sp³-hybridized carbons (Fsp3) is 0.333. The van der Waals surface area contributed by atoms with E-state index in [1.807, 2.05) is 18.2 Å². The molecule has 0 bridgehead atoms. The first-order valence-electron chi connectivity index (χ1n) is 7.21. The third kappa shape index (κ3) is 3.13. The Hall–Kier alpha value is -1.96. The molecule has 0 spiro atoms. The molecule has 0 heterocycles. The van der Waals surface area contributed by atoms with Crippen LogP contribution in [-0.2, 0) is 6.42 Å². The van der Waals surface area contributed by atoms with Gasteiger partial charge in [0, 0.05) is 11.4 Å². The van der Waals surface area contributed by atoms with Gasteiger partial charge in [0.05, 0.1) is 0 Å². The van der Waals surface area contributed by atoms with Crippen molar-refractivity contribution in [3.8, 4) is 0 Å². The molecule has 0 aliphatic heterocycles. The second-order valence-corrected chi connectivity index (χ2v) is 5.85. The average molecular weight is 268 g/mol. The quantitative estimate of drug-likeness (QED) is 0.811. The number of benzene rings is 2. The summed E-state index contributed by atoms with van der Waals surface area (Å²) in [5.41, 5.74) is 17.7. The number of nitrogens with two attached hydrogens (primary N) is 2. The first-order chi connectivity index (χ1) is 9.49. The molecule has 0 aromatic heterocycles. The van der Waals surface area contributed by atoms with Gasteiger partial charge < -0.3 is 11.5 Å². The van der Waals surface area contributed by atoms with Crippen molar-refractivity contribution >= 4 is 11.4 Å². The van der Waals surface area contributed by atoms with Crippen LogP contribution >= 0.6 is 0 Å². The zero-order valence-corrected chi connectivity index (χ0v) is 12.6. The van der Waals surface area contributed by atoms with Gasteiger partial charge in [-0.25, -0.2) is 0 Å². The van der Waals surface area contributed by atoms with Crippen LogP contribution in [0.2, 0.25) is 0 Å². The summed E-state index contributed by atoms with van der Waals surface area (Å²) in [4.78, 5) is 0. The molecule has 2 aromatic carbocycles. The van der Waals surface area contributed by atoms with Crippen LogP contribution in [0.25, 0.3) is 0 Å². The van der Waals surface area contributed by atoms with Gasteiger partial charge in [-0.05, 0) is 47.1 Å². The van der Waals surface area contributed by atoms with Gasteiger partial charge in [0.2, 0.25) is 0 Å². The average Bonchev–Trinajstić information content (AvgIpc) is 2.40. The van der Waals surface area contributed by atoms with E-state index in [9.17, 15) is 0 Å². The summed E-state index contributed by atoms with van der Waals surface area (Å²) in [6.07, 6.45) is 0.940. The molecule has 0 saturated heterocycles. The maximum atomic E-state index is 6.32. The maximum absolute atomic E-state index is 6.32. The predicted octanol–water partition coefficient (Wildman–Crippen LogP) is 4.32. The van der Waals surface area contributed by atoms with Crippen LogP contribution in [0, 0.1) is 0 Å². The van der Waals surface area contributed by atoms with Crippen LogP contribution in [0.15, 0.2) is 42.5 Å². The molecule has 2 rings (SSSR count). The zero-order valence-electron chi connectivity index (χ0n) is 12.6. The fourth-order valence-electron chi connectivity index (χ4n) is 2.63. The monoisotopic (exact) mass is 268 g/mol. The number of hydrogen-bond donors (Lipinski definition) is 2. The second-order valence-electron chi connectivity index (χ2n) is 5.85. The Balaban J connectivity index is 2.24. The number of anilines is 2. The zero-order chi connectivity index (χ0) is 14.7. The number of para-hydroxylation sites is 1. The van der Waals surface area contributed by atoms with E-state index in [2.05, 4.69) is 45.0 Å². The van der Waals surface area contributed by atoms with Gasteiger partial charge >= 0.3 is 0 Å². The Labute approximate surface area is 121 Å². The Morgan fingerprint density at radius 2 is 1.65 bits per heavy atom. The molecule has 0 fully saturated rings. The largest absolute Gasteiger partial charge is 0.399 e. The lowest BCUT2D eigenvalue weighted by atomic mass is 9.90. The molecule has 2 aromatic rings. The molecule has 4 N–H and O–H groups in total. The normalized spacial score (nSPS) is 12.6. The van der Waals surface area contributed by atoms with Gasteiger partial charge in [0.25, 0.3) is 0 Å². The van der Waals surface area contributed by atoms with Crippen LogP contribution < -0.4 is 11.5 Å². The van der Waals surface area contributed by atoms with E-state index >= 15 is 0 Å². The van der Waals surface area contributed by atoms with Gasteiger partial charge in [0.15, 0.2) is 0 Å². The molecule has 2 nitrogen and oxygen atoms in total. The molecule has 1 unspecified atom stereocenters. The minimum atomic E-state index is 0.406. The molecule has 0 radical (unpaired) electrons. The van der Waals surface area contributed by atoms with Gasteiger partial charge in [0.1, 0.15) is 0 Å². The van der Waals surface area contributed by atoms with Crippen LogP contribution in [0.3, 0.4) is 0 Å². The van der Waals surface area contributed by atoms with Gasteiger partial charge in [-0.3, -0.25) is 0 Å². The van der Waals surface area contributed by atoms with E-state index in [1.54, 1.807) is 0 Å². The van der Waals surface area contributed by atoms with Crippen molar-refractivity contribution < 1.29 is 0 Å². The van der Waals surface area contributed by atoms with Crippen molar-refractivity contribution in [2.75, 3.05) is 11.5 Å². The van der Waals surface area contributed by atoms with Gasteiger partial charge in [-0.1, -0.05) is 51.1 Å². The van der Waals surface area contributed by atoms with E-state index in [-0.39, 0.29) is 0 Å². The van der Waals surface area contributed by atoms with Crippen molar-refractivity contribution in [2.45, 2.75) is 39.0 Å². The van der Waals surface area contributed by atoms with E-state index in [4.69, 9.17) is 11.5 Å². The molecule has 0 aliphatic carbocycles. The van der Waals surface area contributed by atoms with Crippen LogP contribution in [0.4, 0.5) is 11.4 Å². The highest BCUT2D eigenvalue weighted by molar-refractivity contribution is 5.55. The molecule has 0 saturated carbocycles. The smallest absolute Gasteiger partial charge is 0.0381 e. The van der Waals surface area contributed by atoms with Crippen molar-refractivity contribution in [1.29, 1.82) is 0 Å². The summed E-state index contributed by atoms with van der Waals surface area (Å²) >= 11 is 0. The highest BCUT2D eigenvalue weighted by atomic mass is 14.6. The summed E-state index contributed by atoms with van der Waals surface area (Å²) in [5, 5.41) is 0. The fourth-order valence-corrected chi connectivity index (χ4v) is 2.63. The maximum Gasteiger partial charge on any atom is 0.0381 e. The molecule has 0 amide bonds. The van der Waals surface area contributed by atoms with Gasteiger partial charge in [-0.15, -0.1) is 0 Å². The molecular weight excluding hydrogens is 244 g/mol. The van der Waals surface area contributed by atoms with Crippen molar-refractivity contribution in [2.24, 2.45) is 0 Å². The summed E-state index contributed by atoms with van der Waals surface area (Å²) in [6.45, 7) is 6.57. The van der Waals surface area contributed by atoms with E-state index < -0.39 is 0 Å². The summed E-state index contributed by atoms with van der Waals surface area (Å²) < 4.78 is 0. The third-order valence-electron chi connectivity index (χ3n) is 3.86. The summed E-state index contributed by atoms with van der Waals surface area (Å²) in [6, 6.07) is 14.5. The van der Waals surface area contributed by atoms with Crippen molar-refractivity contribution in [1.82, 2.24) is 0 Å². The van der Waals surface area contributed by atoms with Crippen LogP contribution in [0.5, 0.6) is 0 Å². The molecule has 106 valence electrons. The van der Waals surface area contributed by atoms with E-state index in [1.165, 1.54) is 16.7 Å². The highest BCUT2D eigenvalue weighted by Crippen LogP contribution is 2.29. The lowest BCUT2D eigenvalue weighted by Gasteiger charge is -2.17. The van der Waals surface area contributed by atoms with E-state index in [0.29, 0.717) is 11.8 Å². The van der Waals surface area contributed by atoms with Crippen molar-refractivity contribution in [3.63, 3.8) is 0 Å². The van der Waals surface area contributed by atoms with Crippen molar-refractivity contribution in [3.05, 3.63) is 59.2 Å². The summed E-state index contributed by atoms with van der Waals surface area (Å²) in [7, 11) is 0. The highest BCUT2D eigenvalue weighted by Gasteiger charge is 2.12. The lowest BCUT2D eigenvalue weighted by molar-refractivity contribution is 0.758. The Kier molecular flexibility index (Phi) is 4.33. The second kappa shape index (κ2) is 6.00. The minimum absolute atomic E-state index is 0.406. The minimum Gasteiger partial charge on any atom is -0.399 e. The molecule has 1 atom stereocenters. The first-order valence-corrected chi connectivity index (χ1v) is 7.21. The third-order valence-corrected chi connectivity index (χ3v) is 3.86. The number of hydrogen-bond acceptors (Lipinski definition) is 2.